The fourth-order valence-electron chi connectivity index (χ4n) is 2.40. The molecule has 20 heavy (non-hydrogen) atoms. The van der Waals surface area contributed by atoms with Crippen LogP contribution in [0, 0.1) is 0 Å². The number of alkyl halides is 2. The van der Waals surface area contributed by atoms with E-state index >= 15 is 0 Å². The Balaban J connectivity index is 2.16. The van der Waals surface area contributed by atoms with Crippen molar-refractivity contribution in [3.63, 3.8) is 0 Å². The second kappa shape index (κ2) is 6.65. The number of amides is 1. The highest BCUT2D eigenvalue weighted by molar-refractivity contribution is 5.83. The summed E-state index contributed by atoms with van der Waals surface area (Å²) in [4.78, 5) is 11.6. The molecule has 1 aliphatic heterocycles. The fraction of sp³-hybridized carbons (Fsp3) is 0.500. The number of hydrogen-bond donors (Lipinski definition) is 2. The second-order valence-electron chi connectivity index (χ2n) is 4.68. The van der Waals surface area contributed by atoms with Gasteiger partial charge in [0.25, 0.3) is 0 Å². The normalized spacial score (nSPS) is 20.0. The van der Waals surface area contributed by atoms with Crippen molar-refractivity contribution in [2.24, 2.45) is 0 Å². The third kappa shape index (κ3) is 3.45. The van der Waals surface area contributed by atoms with Crippen molar-refractivity contribution in [2.75, 3.05) is 6.54 Å². The molecule has 110 valence electrons. The number of halogens is 2. The molecule has 0 bridgehead atoms. The van der Waals surface area contributed by atoms with Gasteiger partial charge in [-0.1, -0.05) is 25.1 Å². The number of hydrogen-bond acceptors (Lipinski definition) is 3. The Hall–Kier alpha value is -1.69. The Kier molecular flexibility index (Phi) is 4.89. The molecule has 1 aromatic carbocycles. The standard InChI is InChI=1S/C14H18F2N2O2/c1-2-10(18-11-7-8-17-13(11)19)9-5-3-4-6-12(9)20-14(15)16/h3-6,10-11,14,18H,2,7-8H2,1H3,(H,17,19)/t10-,11+/m0/s1. The molecule has 1 heterocycles. The molecule has 2 rings (SSSR count). The summed E-state index contributed by atoms with van der Waals surface area (Å²) in [5, 5.41) is 5.95. The number of carbonyl (C=O) groups is 1. The van der Waals surface area contributed by atoms with E-state index in [2.05, 4.69) is 15.4 Å². The number of carbonyl (C=O) groups excluding carboxylic acids is 1. The Morgan fingerprint density at radius 2 is 2.20 bits per heavy atom. The van der Waals surface area contributed by atoms with Crippen LogP contribution < -0.4 is 15.4 Å². The van der Waals surface area contributed by atoms with Gasteiger partial charge >= 0.3 is 6.61 Å². The maximum Gasteiger partial charge on any atom is 0.387 e. The van der Waals surface area contributed by atoms with Gasteiger partial charge in [-0.05, 0) is 18.9 Å². The minimum atomic E-state index is -2.86. The predicted octanol–water partition coefficient (Wildman–Crippen LogP) is 2.22. The highest BCUT2D eigenvalue weighted by atomic mass is 19.3. The topological polar surface area (TPSA) is 50.4 Å². The number of ether oxygens (including phenoxy) is 1. The van der Waals surface area contributed by atoms with Crippen LogP contribution in [0.1, 0.15) is 31.4 Å². The molecular weight excluding hydrogens is 266 g/mol. The van der Waals surface area contributed by atoms with Crippen LogP contribution in [0.15, 0.2) is 24.3 Å². The molecule has 0 aromatic heterocycles. The van der Waals surface area contributed by atoms with Crippen molar-refractivity contribution < 1.29 is 18.3 Å². The molecule has 1 aliphatic rings. The summed E-state index contributed by atoms with van der Waals surface area (Å²) >= 11 is 0. The molecule has 0 radical (unpaired) electrons. The quantitative estimate of drug-likeness (QED) is 0.842. The molecule has 2 N–H and O–H groups in total. The Morgan fingerprint density at radius 3 is 2.80 bits per heavy atom. The van der Waals surface area contributed by atoms with Gasteiger partial charge in [0.1, 0.15) is 5.75 Å². The predicted molar refractivity (Wildman–Crippen MR) is 70.7 cm³/mol. The van der Waals surface area contributed by atoms with Crippen LogP contribution >= 0.6 is 0 Å². The second-order valence-corrected chi connectivity index (χ2v) is 4.68. The summed E-state index contributed by atoms with van der Waals surface area (Å²) in [6.45, 7) is -0.283. The van der Waals surface area contributed by atoms with Gasteiger partial charge in [0.2, 0.25) is 5.91 Å². The van der Waals surface area contributed by atoms with Crippen LogP contribution in [0.2, 0.25) is 0 Å². The van der Waals surface area contributed by atoms with Gasteiger partial charge in [0.15, 0.2) is 0 Å². The van der Waals surface area contributed by atoms with Crippen molar-refractivity contribution in [1.29, 1.82) is 0 Å². The van der Waals surface area contributed by atoms with Gasteiger partial charge in [0, 0.05) is 18.2 Å². The van der Waals surface area contributed by atoms with Gasteiger partial charge in [-0.15, -0.1) is 0 Å². The molecule has 2 atom stereocenters. The summed E-state index contributed by atoms with van der Waals surface area (Å²) in [7, 11) is 0. The summed E-state index contributed by atoms with van der Waals surface area (Å²) in [6, 6.07) is 6.20. The van der Waals surface area contributed by atoms with E-state index in [9.17, 15) is 13.6 Å². The smallest absolute Gasteiger partial charge is 0.387 e. The molecule has 1 amide bonds. The minimum Gasteiger partial charge on any atom is -0.434 e. The van der Waals surface area contributed by atoms with E-state index in [4.69, 9.17) is 0 Å². The maximum atomic E-state index is 12.4. The summed E-state index contributed by atoms with van der Waals surface area (Å²) in [5.41, 5.74) is 0.648. The minimum absolute atomic E-state index is 0.0456. The lowest BCUT2D eigenvalue weighted by atomic mass is 10.0. The molecule has 1 fully saturated rings. The molecule has 0 aliphatic carbocycles. The first-order valence-corrected chi connectivity index (χ1v) is 6.69. The Labute approximate surface area is 116 Å². The van der Waals surface area contributed by atoms with Crippen molar-refractivity contribution in [2.45, 2.75) is 38.5 Å². The third-order valence-corrected chi connectivity index (χ3v) is 3.37. The number of nitrogens with one attached hydrogen (secondary N) is 2. The monoisotopic (exact) mass is 284 g/mol. The summed E-state index contributed by atoms with van der Waals surface area (Å²) in [6.07, 6.45) is 1.38. The van der Waals surface area contributed by atoms with E-state index in [0.29, 0.717) is 24.9 Å². The van der Waals surface area contributed by atoms with Crippen LogP contribution in [-0.4, -0.2) is 25.1 Å². The highest BCUT2D eigenvalue weighted by Crippen LogP contribution is 2.29. The Bertz CT molecular complexity index is 468. The first kappa shape index (κ1) is 14.7. The van der Waals surface area contributed by atoms with E-state index in [1.807, 2.05) is 6.92 Å². The molecule has 0 unspecified atom stereocenters. The van der Waals surface area contributed by atoms with Crippen molar-refractivity contribution in [3.8, 4) is 5.75 Å². The fourth-order valence-corrected chi connectivity index (χ4v) is 2.40. The molecule has 6 heteroatoms. The van der Waals surface area contributed by atoms with E-state index in [1.165, 1.54) is 6.07 Å². The first-order chi connectivity index (χ1) is 9.61. The molecule has 0 saturated carbocycles. The van der Waals surface area contributed by atoms with Crippen LogP contribution in [0.25, 0.3) is 0 Å². The maximum absolute atomic E-state index is 12.4. The lowest BCUT2D eigenvalue weighted by molar-refractivity contribution is -0.121. The molecular formula is C14H18F2N2O2. The van der Waals surface area contributed by atoms with E-state index in [1.54, 1.807) is 18.2 Å². The first-order valence-electron chi connectivity index (χ1n) is 6.69. The lowest BCUT2D eigenvalue weighted by Gasteiger charge is -2.23. The summed E-state index contributed by atoms with van der Waals surface area (Å²) in [5.74, 6) is 0.107. The number of para-hydroxylation sites is 1. The molecule has 1 saturated heterocycles. The van der Waals surface area contributed by atoms with E-state index in [-0.39, 0.29) is 23.7 Å². The van der Waals surface area contributed by atoms with E-state index in [0.717, 1.165) is 0 Å². The van der Waals surface area contributed by atoms with Crippen LogP contribution in [0.4, 0.5) is 8.78 Å². The van der Waals surface area contributed by atoms with Gasteiger partial charge in [-0.25, -0.2) is 0 Å². The lowest BCUT2D eigenvalue weighted by Crippen LogP contribution is -2.38. The molecule has 0 spiro atoms. The van der Waals surface area contributed by atoms with Gasteiger partial charge in [-0.3, -0.25) is 10.1 Å². The van der Waals surface area contributed by atoms with Crippen LogP contribution in [0.5, 0.6) is 5.75 Å². The van der Waals surface area contributed by atoms with Crippen LogP contribution in [0.3, 0.4) is 0 Å². The Morgan fingerprint density at radius 1 is 1.45 bits per heavy atom. The highest BCUT2D eigenvalue weighted by Gasteiger charge is 2.27. The summed E-state index contributed by atoms with van der Waals surface area (Å²) < 4.78 is 29.4. The van der Waals surface area contributed by atoms with Crippen molar-refractivity contribution in [1.82, 2.24) is 10.6 Å². The number of benzene rings is 1. The molecule has 4 nitrogen and oxygen atoms in total. The van der Waals surface area contributed by atoms with E-state index < -0.39 is 6.61 Å². The van der Waals surface area contributed by atoms with Gasteiger partial charge < -0.3 is 10.1 Å². The zero-order valence-electron chi connectivity index (χ0n) is 11.2. The van der Waals surface area contributed by atoms with Gasteiger partial charge in [0.05, 0.1) is 6.04 Å². The molecule has 1 aromatic rings. The van der Waals surface area contributed by atoms with Crippen LogP contribution in [-0.2, 0) is 4.79 Å². The van der Waals surface area contributed by atoms with Gasteiger partial charge in [-0.2, -0.15) is 8.78 Å². The zero-order chi connectivity index (χ0) is 14.5. The SMILES string of the molecule is CC[C@H](N[C@@H]1CCNC1=O)c1ccccc1OC(F)F. The largest absolute Gasteiger partial charge is 0.434 e. The average molecular weight is 284 g/mol. The third-order valence-electron chi connectivity index (χ3n) is 3.37. The zero-order valence-corrected chi connectivity index (χ0v) is 11.2. The number of rotatable bonds is 6. The van der Waals surface area contributed by atoms with Crippen molar-refractivity contribution >= 4 is 5.91 Å². The van der Waals surface area contributed by atoms with Crippen molar-refractivity contribution in [3.05, 3.63) is 29.8 Å². The average Bonchev–Trinajstić information content (AvgIpc) is 2.82.